The van der Waals surface area contributed by atoms with Crippen LogP contribution in [0.3, 0.4) is 0 Å². The largest absolute Gasteiger partial charge is 0.381 e. The fourth-order valence-electron chi connectivity index (χ4n) is 2.89. The van der Waals surface area contributed by atoms with Gasteiger partial charge in [-0.25, -0.2) is 0 Å². The van der Waals surface area contributed by atoms with Crippen molar-refractivity contribution in [3.63, 3.8) is 0 Å². The maximum atomic E-state index is 12.3. The maximum absolute atomic E-state index is 12.3. The first-order valence-corrected chi connectivity index (χ1v) is 7.24. The average molecular weight is 254 g/mol. The Morgan fingerprint density at radius 3 is 2.83 bits per heavy atom. The fraction of sp³-hybridized carbons (Fsp3) is 0.929. The van der Waals surface area contributed by atoms with Gasteiger partial charge in [0.05, 0.1) is 6.04 Å². The third-order valence-corrected chi connectivity index (χ3v) is 4.21. The highest BCUT2D eigenvalue weighted by Gasteiger charge is 2.36. The smallest absolute Gasteiger partial charge is 0.239 e. The first-order chi connectivity index (χ1) is 8.64. The van der Waals surface area contributed by atoms with Crippen molar-refractivity contribution in [3.05, 3.63) is 0 Å². The molecule has 0 spiro atoms. The Kier molecular flexibility index (Phi) is 4.62. The number of carbonyl (C=O) groups excluding carboxylic acids is 1. The van der Waals surface area contributed by atoms with Gasteiger partial charge in [0.2, 0.25) is 5.91 Å². The van der Waals surface area contributed by atoms with E-state index in [1.54, 1.807) is 0 Å². The molecule has 4 nitrogen and oxygen atoms in total. The topological polar surface area (TPSA) is 41.6 Å². The summed E-state index contributed by atoms with van der Waals surface area (Å²) in [7, 11) is 0. The van der Waals surface area contributed by atoms with Crippen LogP contribution >= 0.6 is 0 Å². The van der Waals surface area contributed by atoms with Crippen molar-refractivity contribution in [2.45, 2.75) is 45.6 Å². The molecular formula is C14H26N2O2. The molecule has 2 aliphatic rings. The van der Waals surface area contributed by atoms with Gasteiger partial charge in [0.15, 0.2) is 0 Å². The van der Waals surface area contributed by atoms with Gasteiger partial charge < -0.3 is 15.0 Å². The van der Waals surface area contributed by atoms with E-state index in [1.807, 2.05) is 0 Å². The number of rotatable bonds is 5. The Hall–Kier alpha value is -0.610. The van der Waals surface area contributed by atoms with E-state index < -0.39 is 0 Å². The summed E-state index contributed by atoms with van der Waals surface area (Å²) >= 11 is 0. The molecule has 1 amide bonds. The molecule has 0 bridgehead atoms. The summed E-state index contributed by atoms with van der Waals surface area (Å²) in [6.07, 6.45) is 4.19. The Balaban J connectivity index is 1.85. The minimum atomic E-state index is 0.0633. The molecule has 1 N–H and O–H groups in total. The highest BCUT2D eigenvalue weighted by Crippen LogP contribution is 2.32. The molecule has 18 heavy (non-hydrogen) atoms. The zero-order valence-corrected chi connectivity index (χ0v) is 11.7. The lowest BCUT2D eigenvalue weighted by Crippen LogP contribution is -2.44. The number of hydrogen-bond donors (Lipinski definition) is 1. The molecule has 2 fully saturated rings. The van der Waals surface area contributed by atoms with E-state index in [0.717, 1.165) is 58.5 Å². The van der Waals surface area contributed by atoms with Crippen LogP contribution in [0.1, 0.15) is 39.5 Å². The molecule has 1 atom stereocenters. The van der Waals surface area contributed by atoms with Crippen molar-refractivity contribution in [1.29, 1.82) is 0 Å². The summed E-state index contributed by atoms with van der Waals surface area (Å²) in [6.45, 7) is 8.86. The fourth-order valence-corrected chi connectivity index (χ4v) is 2.89. The summed E-state index contributed by atoms with van der Waals surface area (Å²) in [5, 5.41) is 3.34. The van der Waals surface area contributed by atoms with Crippen LogP contribution in [0.4, 0.5) is 0 Å². The van der Waals surface area contributed by atoms with Crippen molar-refractivity contribution in [2.75, 3.05) is 32.8 Å². The van der Waals surface area contributed by atoms with E-state index in [1.165, 1.54) is 0 Å². The third kappa shape index (κ3) is 3.23. The van der Waals surface area contributed by atoms with Gasteiger partial charge in [-0.05, 0) is 37.6 Å². The number of likely N-dealkylation sites (tertiary alicyclic amines) is 1. The second kappa shape index (κ2) is 6.02. The molecule has 2 aliphatic heterocycles. The predicted molar refractivity (Wildman–Crippen MR) is 71.4 cm³/mol. The zero-order valence-electron chi connectivity index (χ0n) is 11.7. The van der Waals surface area contributed by atoms with Crippen LogP contribution in [0.15, 0.2) is 0 Å². The van der Waals surface area contributed by atoms with Crippen LogP contribution < -0.4 is 5.32 Å². The van der Waals surface area contributed by atoms with Gasteiger partial charge >= 0.3 is 0 Å². The number of nitrogens with one attached hydrogen (secondary N) is 1. The van der Waals surface area contributed by atoms with Gasteiger partial charge in [0.25, 0.3) is 0 Å². The minimum Gasteiger partial charge on any atom is -0.381 e. The molecule has 2 saturated heterocycles. The lowest BCUT2D eigenvalue weighted by molar-refractivity contribution is -0.131. The molecule has 2 heterocycles. The lowest BCUT2D eigenvalue weighted by atomic mass is 9.82. The van der Waals surface area contributed by atoms with Crippen molar-refractivity contribution in [2.24, 2.45) is 5.41 Å². The average Bonchev–Trinajstić information content (AvgIpc) is 2.69. The monoisotopic (exact) mass is 254 g/mol. The summed E-state index contributed by atoms with van der Waals surface area (Å²) in [4.78, 5) is 14.3. The van der Waals surface area contributed by atoms with Crippen molar-refractivity contribution in [3.8, 4) is 0 Å². The minimum absolute atomic E-state index is 0.0633. The van der Waals surface area contributed by atoms with Crippen LogP contribution in [0.25, 0.3) is 0 Å². The second-order valence-corrected chi connectivity index (χ2v) is 5.98. The Labute approximate surface area is 110 Å². The zero-order chi connectivity index (χ0) is 13.0. The first-order valence-electron chi connectivity index (χ1n) is 7.24. The molecule has 0 radical (unpaired) electrons. The second-order valence-electron chi connectivity index (χ2n) is 5.98. The Morgan fingerprint density at radius 2 is 2.17 bits per heavy atom. The normalized spacial score (nSPS) is 27.8. The SMILES string of the molecule is CCCNC1CCN(CC2(C)CCOCC2)C1=O. The highest BCUT2D eigenvalue weighted by atomic mass is 16.5. The lowest BCUT2D eigenvalue weighted by Gasteiger charge is -2.36. The number of hydrogen-bond acceptors (Lipinski definition) is 3. The molecule has 0 aliphatic carbocycles. The van der Waals surface area contributed by atoms with Crippen molar-refractivity contribution >= 4 is 5.91 Å². The third-order valence-electron chi connectivity index (χ3n) is 4.21. The van der Waals surface area contributed by atoms with E-state index in [-0.39, 0.29) is 11.5 Å². The van der Waals surface area contributed by atoms with E-state index in [4.69, 9.17) is 4.74 Å². The van der Waals surface area contributed by atoms with Gasteiger partial charge in [-0.2, -0.15) is 0 Å². The summed E-state index contributed by atoms with van der Waals surface area (Å²) in [6, 6.07) is 0.0633. The van der Waals surface area contributed by atoms with Crippen LogP contribution in [0, 0.1) is 5.41 Å². The van der Waals surface area contributed by atoms with Crippen molar-refractivity contribution in [1.82, 2.24) is 10.2 Å². The molecule has 2 rings (SSSR count). The Morgan fingerprint density at radius 1 is 1.44 bits per heavy atom. The predicted octanol–water partition coefficient (Wildman–Crippen LogP) is 1.40. The number of ether oxygens (including phenoxy) is 1. The quantitative estimate of drug-likeness (QED) is 0.806. The number of nitrogens with zero attached hydrogens (tertiary/aromatic N) is 1. The summed E-state index contributed by atoms with van der Waals surface area (Å²) in [5.74, 6) is 0.302. The van der Waals surface area contributed by atoms with Crippen LogP contribution in [0.2, 0.25) is 0 Å². The highest BCUT2D eigenvalue weighted by molar-refractivity contribution is 5.84. The van der Waals surface area contributed by atoms with Gasteiger partial charge in [-0.1, -0.05) is 13.8 Å². The van der Waals surface area contributed by atoms with E-state index >= 15 is 0 Å². The summed E-state index contributed by atoms with van der Waals surface area (Å²) < 4.78 is 5.41. The molecule has 104 valence electrons. The maximum Gasteiger partial charge on any atom is 0.239 e. The Bertz CT molecular complexity index is 288. The van der Waals surface area contributed by atoms with Gasteiger partial charge in [-0.3, -0.25) is 4.79 Å². The van der Waals surface area contributed by atoms with Crippen molar-refractivity contribution < 1.29 is 9.53 Å². The molecule has 0 aromatic rings. The van der Waals surface area contributed by atoms with E-state index in [0.29, 0.717) is 5.91 Å². The van der Waals surface area contributed by atoms with Crippen LogP contribution in [0.5, 0.6) is 0 Å². The number of carbonyl (C=O) groups is 1. The molecule has 0 aromatic heterocycles. The van der Waals surface area contributed by atoms with Gasteiger partial charge in [0.1, 0.15) is 0 Å². The summed E-state index contributed by atoms with van der Waals surface area (Å²) in [5.41, 5.74) is 0.257. The number of amides is 1. The van der Waals surface area contributed by atoms with E-state index in [2.05, 4.69) is 24.1 Å². The molecule has 1 unspecified atom stereocenters. The van der Waals surface area contributed by atoms with Crippen LogP contribution in [-0.4, -0.2) is 49.7 Å². The molecular weight excluding hydrogens is 228 g/mol. The first kappa shape index (κ1) is 13.8. The van der Waals surface area contributed by atoms with Gasteiger partial charge in [-0.15, -0.1) is 0 Å². The molecule has 0 aromatic carbocycles. The molecule has 4 heteroatoms. The standard InChI is InChI=1S/C14H26N2O2/c1-3-7-15-12-4-8-16(13(12)17)11-14(2)5-9-18-10-6-14/h12,15H,3-11H2,1-2H3. The molecule has 0 saturated carbocycles. The van der Waals surface area contributed by atoms with Crippen LogP contribution in [-0.2, 0) is 9.53 Å². The van der Waals surface area contributed by atoms with E-state index in [9.17, 15) is 4.79 Å². The van der Waals surface area contributed by atoms with Gasteiger partial charge in [0, 0.05) is 26.3 Å².